The first-order valence-electron chi connectivity index (χ1n) is 7.66. The molecule has 5 nitrogen and oxygen atoms in total. The number of nitrogens with one attached hydrogen (secondary N) is 2. The number of aryl methyl sites for hydroxylation is 2. The monoisotopic (exact) mass is 300 g/mol. The van der Waals surface area contributed by atoms with Gasteiger partial charge in [-0.2, -0.15) is 4.98 Å². The SMILES string of the molecule is CCc1ccccc1Nc1cc(C)nc(NCCCOC)n1. The van der Waals surface area contributed by atoms with Gasteiger partial charge < -0.3 is 15.4 Å². The Morgan fingerprint density at radius 3 is 2.77 bits per heavy atom. The van der Waals surface area contributed by atoms with E-state index in [2.05, 4.69) is 45.7 Å². The van der Waals surface area contributed by atoms with Gasteiger partial charge in [0.05, 0.1) is 0 Å². The van der Waals surface area contributed by atoms with E-state index in [-0.39, 0.29) is 0 Å². The lowest BCUT2D eigenvalue weighted by Crippen LogP contribution is -2.09. The minimum Gasteiger partial charge on any atom is -0.385 e. The first kappa shape index (κ1) is 16.2. The summed E-state index contributed by atoms with van der Waals surface area (Å²) in [7, 11) is 1.70. The van der Waals surface area contributed by atoms with Crippen LogP contribution >= 0.6 is 0 Å². The van der Waals surface area contributed by atoms with Crippen molar-refractivity contribution < 1.29 is 4.74 Å². The molecule has 0 amide bonds. The third-order valence-electron chi connectivity index (χ3n) is 3.32. The average molecular weight is 300 g/mol. The number of para-hydroxylation sites is 1. The van der Waals surface area contributed by atoms with Crippen molar-refractivity contribution in [3.05, 3.63) is 41.6 Å². The van der Waals surface area contributed by atoms with Gasteiger partial charge in [-0.1, -0.05) is 25.1 Å². The maximum atomic E-state index is 5.04. The normalized spacial score (nSPS) is 10.5. The van der Waals surface area contributed by atoms with Crippen molar-refractivity contribution in [2.24, 2.45) is 0 Å². The van der Waals surface area contributed by atoms with Crippen LogP contribution in [0.2, 0.25) is 0 Å². The van der Waals surface area contributed by atoms with Crippen molar-refractivity contribution in [1.29, 1.82) is 0 Å². The molecule has 118 valence electrons. The first-order valence-corrected chi connectivity index (χ1v) is 7.66. The molecule has 0 bridgehead atoms. The van der Waals surface area contributed by atoms with E-state index in [1.807, 2.05) is 19.1 Å². The fourth-order valence-corrected chi connectivity index (χ4v) is 2.22. The van der Waals surface area contributed by atoms with E-state index in [4.69, 9.17) is 4.74 Å². The van der Waals surface area contributed by atoms with E-state index < -0.39 is 0 Å². The smallest absolute Gasteiger partial charge is 0.224 e. The molecule has 0 spiro atoms. The molecule has 1 aromatic heterocycles. The molecular weight excluding hydrogens is 276 g/mol. The molecular formula is C17H24N4O. The molecule has 5 heteroatoms. The summed E-state index contributed by atoms with van der Waals surface area (Å²) in [4.78, 5) is 8.94. The lowest BCUT2D eigenvalue weighted by atomic mass is 10.1. The van der Waals surface area contributed by atoms with E-state index in [0.29, 0.717) is 5.95 Å². The van der Waals surface area contributed by atoms with Crippen molar-refractivity contribution in [3.8, 4) is 0 Å². The summed E-state index contributed by atoms with van der Waals surface area (Å²) in [6, 6.07) is 10.2. The Balaban J connectivity index is 2.09. The zero-order chi connectivity index (χ0) is 15.8. The van der Waals surface area contributed by atoms with E-state index in [1.54, 1.807) is 7.11 Å². The molecule has 0 radical (unpaired) electrons. The number of anilines is 3. The number of nitrogens with zero attached hydrogens (tertiary/aromatic N) is 2. The van der Waals surface area contributed by atoms with Crippen LogP contribution in [0.1, 0.15) is 24.6 Å². The van der Waals surface area contributed by atoms with Gasteiger partial charge in [0.25, 0.3) is 0 Å². The number of benzene rings is 1. The number of hydrogen-bond donors (Lipinski definition) is 2. The third-order valence-corrected chi connectivity index (χ3v) is 3.32. The number of rotatable bonds is 8. The summed E-state index contributed by atoms with van der Waals surface area (Å²) in [6.07, 6.45) is 1.91. The zero-order valence-electron chi connectivity index (χ0n) is 13.5. The second kappa shape index (κ2) is 8.34. The number of aromatic nitrogens is 2. The molecule has 0 aliphatic carbocycles. The molecule has 1 aromatic carbocycles. The largest absolute Gasteiger partial charge is 0.385 e. The fourth-order valence-electron chi connectivity index (χ4n) is 2.22. The summed E-state index contributed by atoms with van der Waals surface area (Å²) < 4.78 is 5.04. The van der Waals surface area contributed by atoms with E-state index >= 15 is 0 Å². The molecule has 0 unspecified atom stereocenters. The lowest BCUT2D eigenvalue weighted by Gasteiger charge is -2.12. The third kappa shape index (κ3) is 4.70. The van der Waals surface area contributed by atoms with Crippen LogP contribution < -0.4 is 10.6 Å². The van der Waals surface area contributed by atoms with Crippen LogP contribution in [0.4, 0.5) is 17.5 Å². The Bertz CT molecular complexity index is 601. The van der Waals surface area contributed by atoms with Crippen LogP contribution in [-0.4, -0.2) is 30.2 Å². The molecule has 0 aliphatic rings. The predicted octanol–water partition coefficient (Wildman–Crippen LogP) is 3.54. The van der Waals surface area contributed by atoms with E-state index in [9.17, 15) is 0 Å². The minimum atomic E-state index is 0.646. The molecule has 22 heavy (non-hydrogen) atoms. The summed E-state index contributed by atoms with van der Waals surface area (Å²) in [5.74, 6) is 1.45. The van der Waals surface area contributed by atoms with Gasteiger partial charge in [-0.05, 0) is 31.4 Å². The van der Waals surface area contributed by atoms with Gasteiger partial charge in [-0.3, -0.25) is 0 Å². The van der Waals surface area contributed by atoms with Crippen molar-refractivity contribution in [2.45, 2.75) is 26.7 Å². The molecule has 0 aliphatic heterocycles. The van der Waals surface area contributed by atoms with Crippen molar-refractivity contribution >= 4 is 17.5 Å². The number of methoxy groups -OCH3 is 1. The zero-order valence-corrected chi connectivity index (χ0v) is 13.5. The quantitative estimate of drug-likeness (QED) is 0.730. The van der Waals surface area contributed by atoms with Crippen LogP contribution in [0.25, 0.3) is 0 Å². The van der Waals surface area contributed by atoms with E-state index in [0.717, 1.165) is 43.2 Å². The maximum absolute atomic E-state index is 5.04. The van der Waals surface area contributed by atoms with Gasteiger partial charge in [0.2, 0.25) is 5.95 Å². The van der Waals surface area contributed by atoms with Gasteiger partial charge >= 0.3 is 0 Å². The molecule has 0 atom stereocenters. The molecule has 2 N–H and O–H groups in total. The molecule has 2 rings (SSSR count). The van der Waals surface area contributed by atoms with Gasteiger partial charge in [0, 0.05) is 37.7 Å². The second-order valence-electron chi connectivity index (χ2n) is 5.13. The molecule has 0 fully saturated rings. The van der Waals surface area contributed by atoms with Crippen LogP contribution in [0.15, 0.2) is 30.3 Å². The summed E-state index contributed by atoms with van der Waals surface area (Å²) in [5, 5.41) is 6.62. The van der Waals surface area contributed by atoms with Crippen LogP contribution in [0, 0.1) is 6.92 Å². The molecule has 0 saturated heterocycles. The lowest BCUT2D eigenvalue weighted by molar-refractivity contribution is 0.197. The number of ether oxygens (including phenoxy) is 1. The van der Waals surface area contributed by atoms with Gasteiger partial charge in [0.1, 0.15) is 5.82 Å². The summed E-state index contributed by atoms with van der Waals surface area (Å²) >= 11 is 0. The van der Waals surface area contributed by atoms with Gasteiger partial charge in [-0.25, -0.2) is 4.98 Å². The van der Waals surface area contributed by atoms with Crippen LogP contribution in [0.3, 0.4) is 0 Å². The van der Waals surface area contributed by atoms with Crippen LogP contribution in [0.5, 0.6) is 0 Å². The van der Waals surface area contributed by atoms with Crippen molar-refractivity contribution in [2.75, 3.05) is 30.9 Å². The average Bonchev–Trinajstić information content (AvgIpc) is 2.52. The molecule has 1 heterocycles. The van der Waals surface area contributed by atoms with Crippen molar-refractivity contribution in [1.82, 2.24) is 9.97 Å². The Morgan fingerprint density at radius 2 is 2.00 bits per heavy atom. The number of hydrogen-bond acceptors (Lipinski definition) is 5. The summed E-state index contributed by atoms with van der Waals surface area (Å²) in [5.41, 5.74) is 3.29. The maximum Gasteiger partial charge on any atom is 0.224 e. The standard InChI is InChI=1S/C17H24N4O/c1-4-14-8-5-6-9-15(14)20-16-12-13(2)19-17(21-16)18-10-7-11-22-3/h5-6,8-9,12H,4,7,10-11H2,1-3H3,(H2,18,19,20,21). The first-order chi connectivity index (χ1) is 10.7. The highest BCUT2D eigenvalue weighted by Gasteiger charge is 2.05. The van der Waals surface area contributed by atoms with Crippen molar-refractivity contribution in [3.63, 3.8) is 0 Å². The Hall–Kier alpha value is -2.14. The highest BCUT2D eigenvalue weighted by Crippen LogP contribution is 2.21. The Kier molecular flexibility index (Phi) is 6.15. The van der Waals surface area contributed by atoms with Gasteiger partial charge in [-0.15, -0.1) is 0 Å². The fraction of sp³-hybridized carbons (Fsp3) is 0.412. The minimum absolute atomic E-state index is 0.646. The Labute approximate surface area is 132 Å². The topological polar surface area (TPSA) is 59.1 Å². The highest BCUT2D eigenvalue weighted by molar-refractivity contribution is 5.61. The van der Waals surface area contributed by atoms with Crippen LogP contribution in [-0.2, 0) is 11.2 Å². The van der Waals surface area contributed by atoms with Gasteiger partial charge in [0.15, 0.2) is 0 Å². The molecule has 0 saturated carbocycles. The Morgan fingerprint density at radius 1 is 1.18 bits per heavy atom. The second-order valence-corrected chi connectivity index (χ2v) is 5.13. The molecule has 2 aromatic rings. The highest BCUT2D eigenvalue weighted by atomic mass is 16.5. The van der Waals surface area contributed by atoms with E-state index in [1.165, 1.54) is 5.56 Å². The predicted molar refractivity (Wildman–Crippen MR) is 90.9 cm³/mol. The summed E-state index contributed by atoms with van der Waals surface area (Å²) in [6.45, 7) is 5.64.